The van der Waals surface area contributed by atoms with E-state index in [9.17, 15) is 4.79 Å². The number of carbonyl (C=O) groups excluding carboxylic acids is 1. The molecule has 3 nitrogen and oxygen atoms in total. The highest BCUT2D eigenvalue weighted by atomic mass is 16.5. The van der Waals surface area contributed by atoms with Crippen molar-refractivity contribution in [2.24, 2.45) is 0 Å². The minimum Gasteiger partial charge on any atom is -0.481 e. The van der Waals surface area contributed by atoms with Crippen LogP contribution in [-0.2, 0) is 4.79 Å². The molecule has 0 bridgehead atoms. The first-order chi connectivity index (χ1) is 8.85. The molecule has 0 aliphatic carbocycles. The molecule has 3 heteroatoms. The SMILES string of the molecule is CC[C@@H](C)NC(=O)[C@H](C)Oc1cc(C)cc(C)c1C. The lowest BCUT2D eigenvalue weighted by molar-refractivity contribution is -0.127. The summed E-state index contributed by atoms with van der Waals surface area (Å²) in [5, 5.41) is 2.93. The molecule has 1 aromatic carbocycles. The Balaban J connectivity index is 2.77. The molecule has 0 aliphatic heterocycles. The molecule has 0 aliphatic rings. The van der Waals surface area contributed by atoms with Gasteiger partial charge in [0.25, 0.3) is 5.91 Å². The molecule has 0 heterocycles. The van der Waals surface area contributed by atoms with Gasteiger partial charge in [0.1, 0.15) is 5.75 Å². The molecule has 1 aromatic rings. The molecule has 0 radical (unpaired) electrons. The standard InChI is InChI=1S/C16H25NO2/c1-7-12(4)17-16(18)14(6)19-15-9-10(2)8-11(3)13(15)5/h8-9,12,14H,7H2,1-6H3,(H,17,18)/t12-,14+/m1/s1. The molecule has 1 amide bonds. The van der Waals surface area contributed by atoms with Crippen LogP contribution in [0.3, 0.4) is 0 Å². The molecule has 2 atom stereocenters. The Labute approximate surface area is 116 Å². The normalized spacial score (nSPS) is 13.8. The van der Waals surface area contributed by atoms with Gasteiger partial charge >= 0.3 is 0 Å². The summed E-state index contributed by atoms with van der Waals surface area (Å²) in [6, 6.07) is 4.28. The van der Waals surface area contributed by atoms with Gasteiger partial charge in [-0.25, -0.2) is 0 Å². The summed E-state index contributed by atoms with van der Waals surface area (Å²) in [5.74, 6) is 0.734. The van der Waals surface area contributed by atoms with Crippen molar-refractivity contribution in [3.8, 4) is 5.75 Å². The van der Waals surface area contributed by atoms with E-state index < -0.39 is 6.10 Å². The van der Waals surface area contributed by atoms with Crippen LogP contribution in [0.4, 0.5) is 0 Å². The molecule has 19 heavy (non-hydrogen) atoms. The Bertz CT molecular complexity index is 454. The third-order valence-electron chi connectivity index (χ3n) is 3.44. The second-order valence-electron chi connectivity index (χ2n) is 5.28. The molecule has 0 saturated heterocycles. The first kappa shape index (κ1) is 15.5. The third-order valence-corrected chi connectivity index (χ3v) is 3.44. The zero-order chi connectivity index (χ0) is 14.6. The van der Waals surface area contributed by atoms with E-state index in [-0.39, 0.29) is 11.9 Å². The lowest BCUT2D eigenvalue weighted by Crippen LogP contribution is -2.41. The fourth-order valence-electron chi connectivity index (χ4n) is 1.83. The topological polar surface area (TPSA) is 38.3 Å². The van der Waals surface area contributed by atoms with Crippen molar-refractivity contribution in [2.45, 2.75) is 60.1 Å². The number of hydrogen-bond donors (Lipinski definition) is 1. The van der Waals surface area contributed by atoms with Crippen LogP contribution in [-0.4, -0.2) is 18.1 Å². The monoisotopic (exact) mass is 263 g/mol. The number of aryl methyl sites for hydroxylation is 2. The van der Waals surface area contributed by atoms with Crippen molar-refractivity contribution in [2.75, 3.05) is 0 Å². The van der Waals surface area contributed by atoms with Gasteiger partial charge in [-0.15, -0.1) is 0 Å². The molecule has 106 valence electrons. The summed E-state index contributed by atoms with van der Waals surface area (Å²) in [6.07, 6.45) is 0.440. The smallest absolute Gasteiger partial charge is 0.260 e. The van der Waals surface area contributed by atoms with Crippen LogP contribution in [0.25, 0.3) is 0 Å². The predicted molar refractivity (Wildman–Crippen MR) is 78.6 cm³/mol. The number of amides is 1. The summed E-state index contributed by atoms with van der Waals surface area (Å²) in [5.41, 5.74) is 3.42. The summed E-state index contributed by atoms with van der Waals surface area (Å²) in [6.45, 7) is 11.9. The van der Waals surface area contributed by atoms with Gasteiger partial charge in [0, 0.05) is 6.04 Å². The number of rotatable bonds is 5. The van der Waals surface area contributed by atoms with Crippen molar-refractivity contribution in [3.63, 3.8) is 0 Å². The van der Waals surface area contributed by atoms with E-state index in [0.29, 0.717) is 0 Å². The summed E-state index contributed by atoms with van der Waals surface area (Å²) < 4.78 is 5.80. The van der Waals surface area contributed by atoms with Gasteiger partial charge in [-0.3, -0.25) is 4.79 Å². The molecule has 0 fully saturated rings. The van der Waals surface area contributed by atoms with Crippen molar-refractivity contribution in [3.05, 3.63) is 28.8 Å². The first-order valence-electron chi connectivity index (χ1n) is 6.90. The average Bonchev–Trinajstić information content (AvgIpc) is 2.34. The zero-order valence-electron chi connectivity index (χ0n) is 12.8. The third kappa shape index (κ3) is 4.27. The maximum absolute atomic E-state index is 12.0. The van der Waals surface area contributed by atoms with Gasteiger partial charge in [-0.2, -0.15) is 0 Å². The molecule has 0 saturated carbocycles. The Morgan fingerprint density at radius 1 is 1.26 bits per heavy atom. The number of nitrogens with one attached hydrogen (secondary N) is 1. The summed E-state index contributed by atoms with van der Waals surface area (Å²) in [7, 11) is 0. The summed E-state index contributed by atoms with van der Waals surface area (Å²) in [4.78, 5) is 12.0. The molecule has 1 N–H and O–H groups in total. The van der Waals surface area contributed by atoms with Crippen LogP contribution in [0, 0.1) is 20.8 Å². The van der Waals surface area contributed by atoms with Crippen molar-refractivity contribution in [1.29, 1.82) is 0 Å². The van der Waals surface area contributed by atoms with E-state index >= 15 is 0 Å². The fraction of sp³-hybridized carbons (Fsp3) is 0.562. The van der Waals surface area contributed by atoms with E-state index in [1.807, 2.05) is 33.8 Å². The van der Waals surface area contributed by atoms with Gasteiger partial charge < -0.3 is 10.1 Å². The van der Waals surface area contributed by atoms with Crippen LogP contribution >= 0.6 is 0 Å². The molecular formula is C16H25NO2. The highest BCUT2D eigenvalue weighted by Crippen LogP contribution is 2.24. The molecule has 0 spiro atoms. The van der Waals surface area contributed by atoms with E-state index in [2.05, 4.69) is 18.3 Å². The van der Waals surface area contributed by atoms with E-state index in [1.165, 1.54) is 5.56 Å². The van der Waals surface area contributed by atoms with Crippen LogP contribution in [0.5, 0.6) is 5.75 Å². The number of hydrogen-bond acceptors (Lipinski definition) is 2. The first-order valence-corrected chi connectivity index (χ1v) is 6.90. The van der Waals surface area contributed by atoms with Crippen molar-refractivity contribution >= 4 is 5.91 Å². The minimum absolute atomic E-state index is 0.0621. The highest BCUT2D eigenvalue weighted by Gasteiger charge is 2.17. The van der Waals surface area contributed by atoms with Gasteiger partial charge in [-0.05, 0) is 63.8 Å². The lowest BCUT2D eigenvalue weighted by atomic mass is 10.1. The fourth-order valence-corrected chi connectivity index (χ4v) is 1.83. The molecule has 1 rings (SSSR count). The average molecular weight is 263 g/mol. The minimum atomic E-state index is -0.478. The van der Waals surface area contributed by atoms with Crippen molar-refractivity contribution < 1.29 is 9.53 Å². The Kier molecular flexibility index (Phi) is 5.40. The Morgan fingerprint density at radius 2 is 1.89 bits per heavy atom. The van der Waals surface area contributed by atoms with Crippen LogP contribution in [0.2, 0.25) is 0 Å². The second kappa shape index (κ2) is 6.60. The van der Waals surface area contributed by atoms with Gasteiger partial charge in [0.2, 0.25) is 0 Å². The maximum atomic E-state index is 12.0. The quantitative estimate of drug-likeness (QED) is 0.885. The summed E-state index contributed by atoms with van der Waals surface area (Å²) >= 11 is 0. The van der Waals surface area contributed by atoms with Crippen LogP contribution in [0.1, 0.15) is 43.9 Å². The van der Waals surface area contributed by atoms with E-state index in [4.69, 9.17) is 4.74 Å². The van der Waals surface area contributed by atoms with Crippen molar-refractivity contribution in [1.82, 2.24) is 5.32 Å². The maximum Gasteiger partial charge on any atom is 0.260 e. The van der Waals surface area contributed by atoms with E-state index in [0.717, 1.165) is 23.3 Å². The Hall–Kier alpha value is -1.51. The lowest BCUT2D eigenvalue weighted by Gasteiger charge is -2.19. The number of benzene rings is 1. The van der Waals surface area contributed by atoms with Crippen LogP contribution < -0.4 is 10.1 Å². The van der Waals surface area contributed by atoms with Crippen LogP contribution in [0.15, 0.2) is 12.1 Å². The van der Waals surface area contributed by atoms with E-state index in [1.54, 1.807) is 6.92 Å². The van der Waals surface area contributed by atoms with Gasteiger partial charge in [-0.1, -0.05) is 13.0 Å². The highest BCUT2D eigenvalue weighted by molar-refractivity contribution is 5.81. The Morgan fingerprint density at radius 3 is 2.47 bits per heavy atom. The van der Waals surface area contributed by atoms with Gasteiger partial charge in [0.15, 0.2) is 6.10 Å². The van der Waals surface area contributed by atoms with Gasteiger partial charge in [0.05, 0.1) is 0 Å². The largest absolute Gasteiger partial charge is 0.481 e. The number of ether oxygens (including phenoxy) is 1. The molecular weight excluding hydrogens is 238 g/mol. The molecule has 0 aromatic heterocycles. The number of carbonyl (C=O) groups is 1. The second-order valence-corrected chi connectivity index (χ2v) is 5.28. The predicted octanol–water partition coefficient (Wildman–Crippen LogP) is 3.29. The molecule has 0 unspecified atom stereocenters. The zero-order valence-corrected chi connectivity index (χ0v) is 12.8.